The van der Waals surface area contributed by atoms with E-state index in [1.54, 1.807) is 13.8 Å². The van der Waals surface area contributed by atoms with Crippen LogP contribution >= 0.6 is 0 Å². The summed E-state index contributed by atoms with van der Waals surface area (Å²) in [6.07, 6.45) is 0.846. The summed E-state index contributed by atoms with van der Waals surface area (Å²) >= 11 is 0. The Morgan fingerprint density at radius 1 is 1.33 bits per heavy atom. The van der Waals surface area contributed by atoms with Crippen molar-refractivity contribution in [2.24, 2.45) is 5.41 Å². The highest BCUT2D eigenvalue weighted by molar-refractivity contribution is 5.79. The van der Waals surface area contributed by atoms with Crippen molar-refractivity contribution in [2.45, 2.75) is 46.6 Å². The van der Waals surface area contributed by atoms with Gasteiger partial charge in [0.05, 0.1) is 12.5 Å². The fraction of sp³-hybridized carbons (Fsp3) is 0.818. The van der Waals surface area contributed by atoms with Crippen molar-refractivity contribution < 1.29 is 14.3 Å². The lowest BCUT2D eigenvalue weighted by atomic mass is 9.88. The molecule has 0 saturated carbocycles. The Labute approximate surface area is 91.4 Å². The van der Waals surface area contributed by atoms with Gasteiger partial charge in [-0.2, -0.15) is 0 Å². The molecule has 0 saturated heterocycles. The lowest BCUT2D eigenvalue weighted by Crippen LogP contribution is -2.32. The first-order valence-electron chi connectivity index (χ1n) is 5.17. The van der Waals surface area contributed by atoms with Gasteiger partial charge < -0.3 is 10.1 Å². The molecule has 0 rings (SSSR count). The number of methoxy groups -OCH3 is 1. The van der Waals surface area contributed by atoms with E-state index in [0.29, 0.717) is 12.8 Å². The van der Waals surface area contributed by atoms with Gasteiger partial charge in [-0.15, -0.1) is 0 Å². The molecular weight excluding hydrogens is 194 g/mol. The third kappa shape index (κ3) is 5.40. The summed E-state index contributed by atoms with van der Waals surface area (Å²) in [5.41, 5.74) is -0.594. The minimum atomic E-state index is -0.594. The van der Waals surface area contributed by atoms with Crippen molar-refractivity contribution in [3.8, 4) is 0 Å². The minimum Gasteiger partial charge on any atom is -0.469 e. The number of carbonyl (C=O) groups is 2. The number of ether oxygens (including phenoxy) is 1. The van der Waals surface area contributed by atoms with E-state index in [1.165, 1.54) is 7.11 Å². The number of nitrogens with one attached hydrogen (secondary N) is 1. The smallest absolute Gasteiger partial charge is 0.311 e. The first kappa shape index (κ1) is 13.9. The molecule has 0 aliphatic carbocycles. The summed E-state index contributed by atoms with van der Waals surface area (Å²) in [5.74, 6) is -0.304. The average molecular weight is 215 g/mol. The molecule has 0 aromatic heterocycles. The average Bonchev–Trinajstić information content (AvgIpc) is 2.12. The second-order valence-electron chi connectivity index (χ2n) is 4.60. The quantitative estimate of drug-likeness (QED) is 0.707. The van der Waals surface area contributed by atoms with E-state index in [1.807, 2.05) is 13.8 Å². The third-order valence-electron chi connectivity index (χ3n) is 2.16. The van der Waals surface area contributed by atoms with Crippen LogP contribution in [0.5, 0.6) is 0 Å². The Morgan fingerprint density at radius 3 is 2.27 bits per heavy atom. The van der Waals surface area contributed by atoms with Gasteiger partial charge in [0, 0.05) is 12.5 Å². The van der Waals surface area contributed by atoms with Crippen molar-refractivity contribution in [3.05, 3.63) is 0 Å². The van der Waals surface area contributed by atoms with Gasteiger partial charge in [-0.1, -0.05) is 0 Å². The van der Waals surface area contributed by atoms with Crippen molar-refractivity contribution in [1.29, 1.82) is 0 Å². The van der Waals surface area contributed by atoms with E-state index in [0.717, 1.165) is 0 Å². The van der Waals surface area contributed by atoms with Crippen LogP contribution in [0, 0.1) is 5.41 Å². The zero-order valence-electron chi connectivity index (χ0n) is 10.2. The van der Waals surface area contributed by atoms with Crippen LogP contribution in [0.2, 0.25) is 0 Å². The largest absolute Gasteiger partial charge is 0.469 e. The lowest BCUT2D eigenvalue weighted by molar-refractivity contribution is -0.151. The van der Waals surface area contributed by atoms with Gasteiger partial charge in [-0.25, -0.2) is 0 Å². The molecule has 4 nitrogen and oxygen atoms in total. The maximum atomic E-state index is 11.3. The van der Waals surface area contributed by atoms with E-state index >= 15 is 0 Å². The predicted octanol–water partition coefficient (Wildman–Crippen LogP) is 1.49. The minimum absolute atomic E-state index is 0.0259. The van der Waals surface area contributed by atoms with Crippen LogP contribution in [0.15, 0.2) is 0 Å². The summed E-state index contributed by atoms with van der Waals surface area (Å²) in [4.78, 5) is 22.7. The maximum absolute atomic E-state index is 11.3. The molecule has 0 aromatic carbocycles. The van der Waals surface area contributed by atoms with Crippen molar-refractivity contribution in [2.75, 3.05) is 7.11 Å². The van der Waals surface area contributed by atoms with Gasteiger partial charge in [-0.05, 0) is 34.1 Å². The number of hydrogen-bond donors (Lipinski definition) is 1. The molecule has 0 aromatic rings. The van der Waals surface area contributed by atoms with E-state index in [2.05, 4.69) is 10.1 Å². The van der Waals surface area contributed by atoms with Gasteiger partial charge in [-0.3, -0.25) is 9.59 Å². The highest BCUT2D eigenvalue weighted by Gasteiger charge is 2.29. The van der Waals surface area contributed by atoms with E-state index in [4.69, 9.17) is 0 Å². The van der Waals surface area contributed by atoms with Gasteiger partial charge in [0.2, 0.25) is 5.91 Å². The molecule has 0 spiro atoms. The zero-order chi connectivity index (χ0) is 12.1. The van der Waals surface area contributed by atoms with Crippen molar-refractivity contribution in [1.82, 2.24) is 5.32 Å². The molecule has 0 radical (unpaired) electrons. The molecule has 0 fully saturated rings. The molecule has 0 heterocycles. The fourth-order valence-corrected chi connectivity index (χ4v) is 1.20. The summed E-state index contributed by atoms with van der Waals surface area (Å²) in [5, 5.41) is 2.78. The third-order valence-corrected chi connectivity index (χ3v) is 2.16. The molecule has 1 amide bonds. The maximum Gasteiger partial charge on any atom is 0.311 e. The standard InChI is InChI=1S/C11H21NO3/c1-8(2)12-9(13)6-7-11(3,4)10(14)15-5/h8H,6-7H2,1-5H3,(H,12,13). The van der Waals surface area contributed by atoms with Gasteiger partial charge in [0.15, 0.2) is 0 Å². The molecule has 88 valence electrons. The Balaban J connectivity index is 4.04. The van der Waals surface area contributed by atoms with Crippen LogP contribution in [0.4, 0.5) is 0 Å². The summed E-state index contributed by atoms with van der Waals surface area (Å²) in [6.45, 7) is 7.37. The molecule has 0 unspecified atom stereocenters. The Kier molecular flexibility index (Phi) is 5.33. The summed E-state index contributed by atoms with van der Waals surface area (Å²) in [6, 6.07) is 0.138. The number of amides is 1. The molecule has 0 aliphatic rings. The Bertz CT molecular complexity index is 234. The van der Waals surface area contributed by atoms with Crippen LogP contribution in [0.1, 0.15) is 40.5 Å². The predicted molar refractivity (Wildman–Crippen MR) is 58.3 cm³/mol. The van der Waals surface area contributed by atoms with Gasteiger partial charge >= 0.3 is 5.97 Å². The van der Waals surface area contributed by atoms with Gasteiger partial charge in [0.25, 0.3) is 0 Å². The summed E-state index contributed by atoms with van der Waals surface area (Å²) < 4.78 is 4.66. The normalized spacial score (nSPS) is 11.3. The molecular formula is C11H21NO3. The highest BCUT2D eigenvalue weighted by atomic mass is 16.5. The number of carbonyl (C=O) groups excluding carboxylic acids is 2. The number of rotatable bonds is 5. The van der Waals surface area contributed by atoms with E-state index in [9.17, 15) is 9.59 Å². The first-order chi connectivity index (χ1) is 6.79. The summed E-state index contributed by atoms with van der Waals surface area (Å²) in [7, 11) is 1.36. The molecule has 15 heavy (non-hydrogen) atoms. The number of hydrogen-bond acceptors (Lipinski definition) is 3. The second kappa shape index (κ2) is 5.73. The number of esters is 1. The van der Waals surface area contributed by atoms with Crippen molar-refractivity contribution >= 4 is 11.9 Å². The highest BCUT2D eigenvalue weighted by Crippen LogP contribution is 2.23. The molecule has 0 bridgehead atoms. The van der Waals surface area contributed by atoms with Gasteiger partial charge in [0.1, 0.15) is 0 Å². The first-order valence-corrected chi connectivity index (χ1v) is 5.17. The van der Waals surface area contributed by atoms with Crippen molar-refractivity contribution in [3.63, 3.8) is 0 Å². The monoisotopic (exact) mass is 215 g/mol. The fourth-order valence-electron chi connectivity index (χ4n) is 1.20. The molecule has 0 atom stereocenters. The lowest BCUT2D eigenvalue weighted by Gasteiger charge is -2.21. The topological polar surface area (TPSA) is 55.4 Å². The van der Waals surface area contributed by atoms with Crippen LogP contribution in [0.3, 0.4) is 0 Å². The Hall–Kier alpha value is -1.06. The Morgan fingerprint density at radius 2 is 1.87 bits per heavy atom. The molecule has 1 N–H and O–H groups in total. The van der Waals surface area contributed by atoms with Crippen LogP contribution < -0.4 is 5.32 Å². The molecule has 4 heteroatoms. The van der Waals surface area contributed by atoms with Crippen LogP contribution in [-0.4, -0.2) is 25.0 Å². The second-order valence-corrected chi connectivity index (χ2v) is 4.60. The zero-order valence-corrected chi connectivity index (χ0v) is 10.2. The van der Waals surface area contributed by atoms with Crippen LogP contribution in [-0.2, 0) is 14.3 Å². The van der Waals surface area contributed by atoms with Crippen LogP contribution in [0.25, 0.3) is 0 Å². The van der Waals surface area contributed by atoms with E-state index < -0.39 is 5.41 Å². The van der Waals surface area contributed by atoms with E-state index in [-0.39, 0.29) is 17.9 Å². The molecule has 0 aliphatic heterocycles. The SMILES string of the molecule is COC(=O)C(C)(C)CCC(=O)NC(C)C.